The molecule has 0 saturated heterocycles. The molecule has 2 aliphatic carbocycles. The molecule has 7 aromatic carbocycles. The van der Waals surface area contributed by atoms with E-state index >= 15 is 0 Å². The van der Waals surface area contributed by atoms with Gasteiger partial charge < -0.3 is 13.9 Å². The van der Waals surface area contributed by atoms with Crippen LogP contribution in [0.25, 0.3) is 99.9 Å². The van der Waals surface area contributed by atoms with E-state index in [0.717, 1.165) is 53.4 Å². The first-order valence-corrected chi connectivity index (χ1v) is 21.9. The minimum absolute atomic E-state index is 0.0654. The summed E-state index contributed by atoms with van der Waals surface area (Å²) in [6.07, 6.45) is 11.9. The van der Waals surface area contributed by atoms with Crippen LogP contribution in [0, 0.1) is 0 Å². The standard InChI is InChI=1S/C58H40N4O/c1-3-14-37(15-4-1)49-36-50(60-58(59-49)39-16-5-2-6-17-39)38-26-29-41(30-27-38)61-52-23-11-8-20-46(52)57-43(21-13-24-54(57)61)40-28-32-53-47(34-40)44-18-7-10-22-51(44)62(53)42-31-33-56-48(35-42)45-19-9-12-25-55(45)63-56/h1-26,28-29,31-32,34-36,56H,27,30,33H2. The molecule has 298 valence electrons. The van der Waals surface area contributed by atoms with E-state index in [4.69, 9.17) is 14.7 Å². The molecule has 13 rings (SSSR count). The lowest BCUT2D eigenvalue weighted by Gasteiger charge is -2.19. The Morgan fingerprint density at radius 2 is 1.17 bits per heavy atom. The topological polar surface area (TPSA) is 44.9 Å². The van der Waals surface area contributed by atoms with E-state index in [-0.39, 0.29) is 6.10 Å². The second kappa shape index (κ2) is 14.3. The first-order chi connectivity index (χ1) is 31.2. The van der Waals surface area contributed by atoms with E-state index in [1.165, 1.54) is 82.8 Å². The fourth-order valence-electron chi connectivity index (χ4n) is 10.2. The van der Waals surface area contributed by atoms with Crippen LogP contribution in [0.5, 0.6) is 5.75 Å². The van der Waals surface area contributed by atoms with Gasteiger partial charge in [-0.1, -0.05) is 146 Å². The van der Waals surface area contributed by atoms with Crippen LogP contribution < -0.4 is 4.74 Å². The summed E-state index contributed by atoms with van der Waals surface area (Å²) in [7, 11) is 0. The second-order valence-corrected chi connectivity index (χ2v) is 16.7. The zero-order valence-corrected chi connectivity index (χ0v) is 34.4. The van der Waals surface area contributed by atoms with Crippen molar-refractivity contribution in [3.05, 3.63) is 211 Å². The Bertz CT molecular complexity index is 3560. The van der Waals surface area contributed by atoms with Gasteiger partial charge in [0, 0.05) is 61.6 Å². The first-order valence-electron chi connectivity index (χ1n) is 21.9. The minimum atomic E-state index is 0.0654. The van der Waals surface area contributed by atoms with Gasteiger partial charge in [0.25, 0.3) is 0 Å². The Balaban J connectivity index is 0.918. The molecule has 0 bridgehead atoms. The Kier molecular flexibility index (Phi) is 8.10. The lowest BCUT2D eigenvalue weighted by molar-refractivity contribution is 0.279. The number of para-hydroxylation sites is 3. The zero-order chi connectivity index (χ0) is 41.4. The largest absolute Gasteiger partial charge is 0.485 e. The molecule has 0 N–H and O–H groups in total. The van der Waals surface area contributed by atoms with E-state index < -0.39 is 0 Å². The van der Waals surface area contributed by atoms with Gasteiger partial charge in [0.1, 0.15) is 11.9 Å². The third-order valence-corrected chi connectivity index (χ3v) is 13.2. The maximum absolute atomic E-state index is 6.35. The quantitative estimate of drug-likeness (QED) is 0.168. The van der Waals surface area contributed by atoms with Gasteiger partial charge in [0.15, 0.2) is 5.82 Å². The highest BCUT2D eigenvalue weighted by molar-refractivity contribution is 6.18. The lowest BCUT2D eigenvalue weighted by atomic mass is 9.95. The SMILES string of the molecule is C1=C(c2cc(-c3ccccc3)nc(-c3ccccc3)n2)CCC(n2c3ccccc3c3c(-c4ccc5c(c4)c4ccccc4n5C4=CCC5Oc6ccccc6C5=C4)cccc32)=C1. The van der Waals surface area contributed by atoms with Gasteiger partial charge >= 0.3 is 0 Å². The number of rotatable bonds is 6. The number of fused-ring (bicyclic) bond motifs is 9. The molecule has 4 heterocycles. The predicted molar refractivity (Wildman–Crippen MR) is 260 cm³/mol. The maximum Gasteiger partial charge on any atom is 0.160 e. The summed E-state index contributed by atoms with van der Waals surface area (Å²) >= 11 is 0. The van der Waals surface area contributed by atoms with Crippen molar-refractivity contribution in [2.75, 3.05) is 0 Å². The van der Waals surface area contributed by atoms with Crippen LogP contribution >= 0.6 is 0 Å². The molecule has 3 aromatic heterocycles. The fraction of sp³-hybridized carbons (Fsp3) is 0.0690. The van der Waals surface area contributed by atoms with E-state index in [1.807, 2.05) is 24.3 Å². The summed E-state index contributed by atoms with van der Waals surface area (Å²) < 4.78 is 11.3. The summed E-state index contributed by atoms with van der Waals surface area (Å²) in [5.74, 6) is 1.72. The molecule has 1 atom stereocenters. The summed E-state index contributed by atoms with van der Waals surface area (Å²) in [5.41, 5.74) is 17.4. The monoisotopic (exact) mass is 808 g/mol. The summed E-state index contributed by atoms with van der Waals surface area (Å²) in [5, 5.41) is 5.02. The number of aromatic nitrogens is 4. The molecule has 0 spiro atoms. The number of hydrogen-bond donors (Lipinski definition) is 0. The number of nitrogens with zero attached hydrogens (tertiary/aromatic N) is 4. The van der Waals surface area contributed by atoms with Gasteiger partial charge in [-0.15, -0.1) is 0 Å². The molecule has 10 aromatic rings. The highest BCUT2D eigenvalue weighted by Crippen LogP contribution is 2.45. The van der Waals surface area contributed by atoms with Gasteiger partial charge in [-0.25, -0.2) is 9.97 Å². The third kappa shape index (κ3) is 5.77. The summed E-state index contributed by atoms with van der Waals surface area (Å²) in [6, 6.07) is 62.8. The maximum atomic E-state index is 6.35. The Morgan fingerprint density at radius 1 is 0.492 bits per heavy atom. The van der Waals surface area contributed by atoms with Gasteiger partial charge in [-0.05, 0) is 84.2 Å². The second-order valence-electron chi connectivity index (χ2n) is 16.7. The normalized spacial score (nSPS) is 15.8. The van der Waals surface area contributed by atoms with Gasteiger partial charge in [-0.3, -0.25) is 0 Å². The molecule has 0 saturated carbocycles. The Morgan fingerprint density at radius 3 is 2.00 bits per heavy atom. The molecule has 3 aliphatic rings. The van der Waals surface area contributed by atoms with Crippen LogP contribution in [-0.2, 0) is 0 Å². The van der Waals surface area contributed by atoms with Gasteiger partial charge in [-0.2, -0.15) is 0 Å². The van der Waals surface area contributed by atoms with Crippen LogP contribution in [0.3, 0.4) is 0 Å². The average Bonchev–Trinajstić information content (AvgIpc) is 4.02. The molecule has 63 heavy (non-hydrogen) atoms. The zero-order valence-electron chi connectivity index (χ0n) is 34.4. The van der Waals surface area contributed by atoms with Crippen LogP contribution in [-0.4, -0.2) is 25.2 Å². The molecular formula is C58H40N4O. The fourth-order valence-corrected chi connectivity index (χ4v) is 10.2. The molecule has 0 fully saturated rings. The van der Waals surface area contributed by atoms with Crippen molar-refractivity contribution in [1.82, 2.24) is 19.1 Å². The number of ether oxygens (including phenoxy) is 1. The van der Waals surface area contributed by atoms with E-state index in [2.05, 4.69) is 185 Å². The van der Waals surface area contributed by atoms with Crippen LogP contribution in [0.15, 0.2) is 200 Å². The molecule has 0 amide bonds. The number of allylic oxidation sites excluding steroid dienone is 6. The van der Waals surface area contributed by atoms with Gasteiger partial charge in [0.2, 0.25) is 0 Å². The summed E-state index contributed by atoms with van der Waals surface area (Å²) in [4.78, 5) is 10.2. The average molecular weight is 809 g/mol. The van der Waals surface area contributed by atoms with E-state index in [0.29, 0.717) is 0 Å². The molecule has 0 radical (unpaired) electrons. The van der Waals surface area contributed by atoms with Gasteiger partial charge in [0.05, 0.1) is 33.5 Å². The first kappa shape index (κ1) is 35.7. The Hall–Kier alpha value is -8.02. The van der Waals surface area contributed by atoms with Crippen molar-refractivity contribution >= 4 is 66.2 Å². The van der Waals surface area contributed by atoms with E-state index in [9.17, 15) is 0 Å². The van der Waals surface area contributed by atoms with E-state index in [1.54, 1.807) is 0 Å². The molecule has 5 heteroatoms. The predicted octanol–water partition coefficient (Wildman–Crippen LogP) is 14.5. The number of hydrogen-bond acceptors (Lipinski definition) is 3. The highest BCUT2D eigenvalue weighted by atomic mass is 16.5. The smallest absolute Gasteiger partial charge is 0.160 e. The molecule has 5 nitrogen and oxygen atoms in total. The van der Waals surface area contributed by atoms with Crippen molar-refractivity contribution < 1.29 is 4.74 Å². The van der Waals surface area contributed by atoms with Crippen LogP contribution in [0.2, 0.25) is 0 Å². The van der Waals surface area contributed by atoms with Crippen molar-refractivity contribution in [1.29, 1.82) is 0 Å². The minimum Gasteiger partial charge on any atom is -0.485 e. The Labute approximate surface area is 364 Å². The van der Waals surface area contributed by atoms with Crippen LogP contribution in [0.4, 0.5) is 0 Å². The summed E-state index contributed by atoms with van der Waals surface area (Å²) in [6.45, 7) is 0. The lowest BCUT2D eigenvalue weighted by Crippen LogP contribution is -2.14. The van der Waals surface area contributed by atoms with Crippen molar-refractivity contribution in [3.63, 3.8) is 0 Å². The van der Waals surface area contributed by atoms with Crippen molar-refractivity contribution in [2.24, 2.45) is 0 Å². The van der Waals surface area contributed by atoms with Crippen LogP contribution in [0.1, 0.15) is 30.5 Å². The molecule has 1 aliphatic heterocycles. The van der Waals surface area contributed by atoms with Crippen molar-refractivity contribution in [3.8, 4) is 39.5 Å². The highest BCUT2D eigenvalue weighted by Gasteiger charge is 2.31. The molecular weight excluding hydrogens is 769 g/mol. The molecule has 1 unspecified atom stereocenters. The third-order valence-electron chi connectivity index (χ3n) is 13.2. The van der Waals surface area contributed by atoms with Crippen molar-refractivity contribution in [2.45, 2.75) is 25.4 Å². The number of benzene rings is 7.